The number of rotatable bonds is 5. The van der Waals surface area contributed by atoms with Crippen molar-refractivity contribution in [2.45, 2.75) is 44.6 Å². The van der Waals surface area contributed by atoms with Crippen LogP contribution in [0.3, 0.4) is 0 Å². The molecule has 0 unspecified atom stereocenters. The maximum atomic E-state index is 13.4. The number of benzene rings is 2. The van der Waals surface area contributed by atoms with E-state index in [4.69, 9.17) is 0 Å². The van der Waals surface area contributed by atoms with Crippen LogP contribution < -0.4 is 4.90 Å². The summed E-state index contributed by atoms with van der Waals surface area (Å²) in [5, 5.41) is 10.9. The Bertz CT molecular complexity index is 1570. The predicted octanol–water partition coefficient (Wildman–Crippen LogP) is 3.98. The van der Waals surface area contributed by atoms with E-state index in [0.717, 1.165) is 40.7 Å². The zero-order valence-electron chi connectivity index (χ0n) is 22.9. The third-order valence-corrected chi connectivity index (χ3v) is 10.1. The first kappa shape index (κ1) is 26.8. The van der Waals surface area contributed by atoms with Crippen molar-refractivity contribution in [1.82, 2.24) is 13.8 Å². The van der Waals surface area contributed by atoms with Gasteiger partial charge in [0.25, 0.3) is 0 Å². The Kier molecular flexibility index (Phi) is 7.08. The summed E-state index contributed by atoms with van der Waals surface area (Å²) in [5.41, 5.74) is 5.75. The molecule has 0 bridgehead atoms. The van der Waals surface area contributed by atoms with Gasteiger partial charge in [-0.25, -0.2) is 13.2 Å². The third kappa shape index (κ3) is 4.88. The molecule has 1 aromatic heterocycles. The van der Waals surface area contributed by atoms with Crippen LogP contribution in [-0.2, 0) is 21.4 Å². The van der Waals surface area contributed by atoms with Gasteiger partial charge >= 0.3 is 5.97 Å². The molecule has 2 fully saturated rings. The highest BCUT2D eigenvalue weighted by Gasteiger charge is 2.32. The van der Waals surface area contributed by atoms with Gasteiger partial charge < -0.3 is 19.5 Å². The molecule has 1 saturated carbocycles. The van der Waals surface area contributed by atoms with E-state index in [1.807, 2.05) is 18.2 Å². The average Bonchev–Trinajstić information content (AvgIpc) is 3.19. The fourth-order valence-corrected chi connectivity index (χ4v) is 7.65. The summed E-state index contributed by atoms with van der Waals surface area (Å²) in [6.45, 7) is 2.84. The van der Waals surface area contributed by atoms with Gasteiger partial charge in [-0.2, -0.15) is 4.31 Å². The van der Waals surface area contributed by atoms with Gasteiger partial charge in [-0.15, -0.1) is 0 Å². The first-order valence-electron chi connectivity index (χ1n) is 14.2. The van der Waals surface area contributed by atoms with Crippen LogP contribution in [0.25, 0.3) is 22.2 Å². The van der Waals surface area contributed by atoms with E-state index in [0.29, 0.717) is 45.2 Å². The zero-order chi connectivity index (χ0) is 28.0. The summed E-state index contributed by atoms with van der Waals surface area (Å²) in [6, 6.07) is 13.7. The van der Waals surface area contributed by atoms with Crippen LogP contribution in [0.4, 0.5) is 5.69 Å². The molecule has 1 aliphatic carbocycles. The smallest absolute Gasteiger partial charge is 0.335 e. The van der Waals surface area contributed by atoms with Gasteiger partial charge in [0.2, 0.25) is 15.9 Å². The van der Waals surface area contributed by atoms with Crippen LogP contribution in [0, 0.1) is 0 Å². The Balaban J connectivity index is 1.38. The quantitative estimate of drug-likeness (QED) is 0.503. The molecule has 3 aromatic rings. The van der Waals surface area contributed by atoms with Crippen molar-refractivity contribution >= 4 is 38.5 Å². The molecule has 6 rings (SSSR count). The van der Waals surface area contributed by atoms with Crippen molar-refractivity contribution in [2.75, 3.05) is 50.4 Å². The Labute approximate surface area is 235 Å². The third-order valence-electron chi connectivity index (χ3n) is 8.84. The van der Waals surface area contributed by atoms with Crippen LogP contribution in [0.2, 0.25) is 0 Å². The number of carboxylic acid groups (broad SMARTS) is 1. The molecule has 1 saturated heterocycles. The van der Waals surface area contributed by atoms with Crippen LogP contribution in [0.1, 0.15) is 53.9 Å². The lowest BCUT2D eigenvalue weighted by atomic mass is 9.81. The lowest BCUT2D eigenvalue weighted by Crippen LogP contribution is -2.52. The lowest BCUT2D eigenvalue weighted by Gasteiger charge is -2.35. The number of amides is 1. The van der Waals surface area contributed by atoms with Gasteiger partial charge in [0.1, 0.15) is 0 Å². The number of hydrogen-bond donors (Lipinski definition) is 1. The SMILES string of the molecule is CS(=O)(=O)N1CCN(C(=O)CN2CCn3c(c(C4CCCCC4)c4ccc(C(=O)O)cc43)-c3ccccc32)CC1. The maximum Gasteiger partial charge on any atom is 0.335 e. The van der Waals surface area contributed by atoms with Crippen molar-refractivity contribution in [1.29, 1.82) is 0 Å². The number of fused-ring (bicyclic) bond motifs is 5. The summed E-state index contributed by atoms with van der Waals surface area (Å²) in [7, 11) is -3.27. The first-order valence-corrected chi connectivity index (χ1v) is 16.0. The molecule has 3 heterocycles. The van der Waals surface area contributed by atoms with Crippen LogP contribution in [0.5, 0.6) is 0 Å². The molecule has 9 nitrogen and oxygen atoms in total. The monoisotopic (exact) mass is 564 g/mol. The summed E-state index contributed by atoms with van der Waals surface area (Å²) < 4.78 is 27.5. The van der Waals surface area contributed by atoms with Gasteiger partial charge in [-0.05, 0) is 42.5 Å². The number of aromatic nitrogens is 1. The van der Waals surface area contributed by atoms with Crippen molar-refractivity contribution in [2.24, 2.45) is 0 Å². The molecule has 3 aliphatic rings. The molecule has 0 spiro atoms. The van der Waals surface area contributed by atoms with Crippen LogP contribution >= 0.6 is 0 Å². The van der Waals surface area contributed by atoms with E-state index in [1.165, 1.54) is 35.4 Å². The molecule has 0 atom stereocenters. The minimum Gasteiger partial charge on any atom is -0.478 e. The van der Waals surface area contributed by atoms with Crippen molar-refractivity contribution in [3.8, 4) is 11.3 Å². The number of hydrogen-bond acceptors (Lipinski definition) is 5. The molecule has 10 heteroatoms. The standard InChI is InChI=1S/C30H36N4O5S/c1-40(38,39)33-16-13-31(14-17-33)27(35)20-32-15-18-34-26-19-22(30(36)37)11-12-23(26)28(21-7-3-2-4-8-21)29(34)24-9-5-6-10-25(24)32/h5-6,9-12,19,21H,2-4,7-8,13-18,20H2,1H3,(H,36,37). The largest absolute Gasteiger partial charge is 0.478 e. The van der Waals surface area contributed by atoms with Gasteiger partial charge in [0.15, 0.2) is 0 Å². The fourth-order valence-electron chi connectivity index (χ4n) is 6.82. The second-order valence-electron chi connectivity index (χ2n) is 11.3. The van der Waals surface area contributed by atoms with Crippen LogP contribution in [0.15, 0.2) is 42.5 Å². The van der Waals surface area contributed by atoms with E-state index in [1.54, 1.807) is 17.0 Å². The van der Waals surface area contributed by atoms with E-state index in [-0.39, 0.29) is 18.0 Å². The summed E-state index contributed by atoms with van der Waals surface area (Å²) in [6.07, 6.45) is 7.09. The van der Waals surface area contributed by atoms with E-state index < -0.39 is 16.0 Å². The second-order valence-corrected chi connectivity index (χ2v) is 13.2. The topological polar surface area (TPSA) is 103 Å². The molecular formula is C30H36N4O5S. The number of carbonyl (C=O) groups is 2. The summed E-state index contributed by atoms with van der Waals surface area (Å²) in [5.74, 6) is -0.538. The minimum absolute atomic E-state index is 0.0138. The predicted molar refractivity (Wildman–Crippen MR) is 155 cm³/mol. The molecule has 2 aliphatic heterocycles. The number of carboxylic acids is 1. The molecular weight excluding hydrogens is 528 g/mol. The fraction of sp³-hybridized carbons (Fsp3) is 0.467. The molecule has 0 radical (unpaired) electrons. The van der Waals surface area contributed by atoms with E-state index in [9.17, 15) is 23.1 Å². The van der Waals surface area contributed by atoms with Crippen molar-refractivity contribution in [3.63, 3.8) is 0 Å². The summed E-state index contributed by atoms with van der Waals surface area (Å²) >= 11 is 0. The van der Waals surface area contributed by atoms with E-state index >= 15 is 0 Å². The van der Waals surface area contributed by atoms with E-state index in [2.05, 4.69) is 21.6 Å². The Hall–Kier alpha value is -3.37. The lowest BCUT2D eigenvalue weighted by molar-refractivity contribution is -0.130. The minimum atomic E-state index is -3.27. The van der Waals surface area contributed by atoms with Gasteiger partial charge in [-0.3, -0.25) is 4.79 Å². The highest BCUT2D eigenvalue weighted by Crippen LogP contribution is 2.47. The van der Waals surface area contributed by atoms with Crippen LogP contribution in [-0.4, -0.2) is 84.7 Å². The maximum absolute atomic E-state index is 13.4. The molecule has 1 N–H and O–H groups in total. The van der Waals surface area contributed by atoms with Gasteiger partial charge in [0.05, 0.1) is 24.1 Å². The Morgan fingerprint density at radius 1 is 0.925 bits per heavy atom. The Morgan fingerprint density at radius 2 is 1.65 bits per heavy atom. The number of carbonyl (C=O) groups excluding carboxylic acids is 1. The second kappa shape index (κ2) is 10.6. The van der Waals surface area contributed by atoms with Crippen molar-refractivity contribution < 1.29 is 23.1 Å². The number of piperazine rings is 1. The molecule has 2 aromatic carbocycles. The Morgan fingerprint density at radius 3 is 2.35 bits per heavy atom. The molecule has 1 amide bonds. The number of nitrogens with zero attached hydrogens (tertiary/aromatic N) is 4. The number of para-hydroxylation sites is 1. The van der Waals surface area contributed by atoms with Gasteiger partial charge in [-0.1, -0.05) is 43.5 Å². The number of anilines is 1. The number of aromatic carboxylic acids is 1. The normalized spacial score (nSPS) is 18.8. The summed E-state index contributed by atoms with van der Waals surface area (Å²) in [4.78, 5) is 29.2. The number of sulfonamides is 1. The highest BCUT2D eigenvalue weighted by atomic mass is 32.2. The molecule has 40 heavy (non-hydrogen) atoms. The molecule has 212 valence electrons. The van der Waals surface area contributed by atoms with Crippen molar-refractivity contribution in [3.05, 3.63) is 53.6 Å². The zero-order valence-corrected chi connectivity index (χ0v) is 23.7. The average molecular weight is 565 g/mol. The van der Waals surface area contributed by atoms with Gasteiger partial charge in [0, 0.05) is 61.4 Å². The highest BCUT2D eigenvalue weighted by molar-refractivity contribution is 7.88. The first-order chi connectivity index (χ1) is 19.2.